The van der Waals surface area contributed by atoms with E-state index in [1.165, 1.54) is 31.0 Å². The van der Waals surface area contributed by atoms with Crippen LogP contribution in [-0.2, 0) is 4.74 Å². The largest absolute Gasteiger partial charge is 0.465 e. The first-order valence-corrected chi connectivity index (χ1v) is 7.42. The van der Waals surface area contributed by atoms with Gasteiger partial charge < -0.3 is 4.74 Å². The number of methoxy groups -OCH3 is 1. The number of benzene rings is 2. The Balaban J connectivity index is 2.18. The second-order valence-electron chi connectivity index (χ2n) is 3.99. The smallest absolute Gasteiger partial charge is 0.339 e. The molecule has 0 amide bonds. The Bertz CT molecular complexity index is 688. The third-order valence-electron chi connectivity index (χ3n) is 2.63. The first kappa shape index (κ1) is 15.5. The molecule has 0 spiro atoms. The summed E-state index contributed by atoms with van der Waals surface area (Å²) in [7, 11) is 1.33. The number of hydrogen-bond acceptors (Lipinski definition) is 5. The molecule has 0 saturated carbocycles. The van der Waals surface area contributed by atoms with E-state index in [-0.39, 0.29) is 5.69 Å². The fourth-order valence-corrected chi connectivity index (χ4v) is 3.16. The molecule has 0 fully saturated rings. The van der Waals surface area contributed by atoms with Crippen molar-refractivity contribution in [1.82, 2.24) is 0 Å². The van der Waals surface area contributed by atoms with Gasteiger partial charge in [0.25, 0.3) is 5.69 Å². The van der Waals surface area contributed by atoms with Gasteiger partial charge in [-0.25, -0.2) is 4.79 Å². The molecule has 0 atom stereocenters. The van der Waals surface area contributed by atoms with Gasteiger partial charge in [0.2, 0.25) is 0 Å². The number of esters is 1. The van der Waals surface area contributed by atoms with Crippen molar-refractivity contribution in [2.24, 2.45) is 0 Å². The second-order valence-corrected chi connectivity index (χ2v) is 5.99. The number of rotatable bonds is 4. The number of nitrogens with zero attached hydrogens (tertiary/aromatic N) is 1. The summed E-state index contributed by atoms with van der Waals surface area (Å²) in [5, 5.41) is 10.6. The Morgan fingerprint density at radius 2 is 1.81 bits per heavy atom. The van der Waals surface area contributed by atoms with E-state index in [0.717, 1.165) is 9.79 Å². The number of nitro groups is 1. The van der Waals surface area contributed by atoms with E-state index in [1.807, 2.05) is 0 Å². The molecule has 0 aliphatic rings. The number of halogens is 1. The minimum absolute atomic E-state index is 0.0570. The van der Waals surface area contributed by atoms with Crippen molar-refractivity contribution in [2.45, 2.75) is 9.79 Å². The fourth-order valence-electron chi connectivity index (χ4n) is 1.61. The van der Waals surface area contributed by atoms with Crippen LogP contribution in [0.1, 0.15) is 10.4 Å². The third kappa shape index (κ3) is 3.83. The molecule has 0 aromatic heterocycles. The van der Waals surface area contributed by atoms with Gasteiger partial charge in [-0.3, -0.25) is 10.1 Å². The normalized spacial score (nSPS) is 10.2. The second kappa shape index (κ2) is 6.73. The van der Waals surface area contributed by atoms with Gasteiger partial charge in [-0.05, 0) is 46.3 Å². The van der Waals surface area contributed by atoms with Crippen LogP contribution in [0.5, 0.6) is 0 Å². The molecule has 0 aliphatic carbocycles. The maximum Gasteiger partial charge on any atom is 0.339 e. The average molecular weight is 368 g/mol. The Morgan fingerprint density at radius 1 is 1.19 bits per heavy atom. The summed E-state index contributed by atoms with van der Waals surface area (Å²) >= 11 is 4.77. The highest BCUT2D eigenvalue weighted by atomic mass is 79.9. The van der Waals surface area contributed by atoms with E-state index in [1.54, 1.807) is 30.3 Å². The standard InChI is InChI=1S/C14H10BrNO4S/c1-20-14(17)12-7-6-11(8-13(12)15)21-10-4-2-9(3-5-10)16(18)19/h2-8H,1H3. The summed E-state index contributed by atoms with van der Waals surface area (Å²) in [6.07, 6.45) is 0. The Kier molecular flexibility index (Phi) is 4.98. The van der Waals surface area contributed by atoms with Gasteiger partial charge in [0.15, 0.2) is 0 Å². The zero-order valence-electron chi connectivity index (χ0n) is 10.9. The Hall–Kier alpha value is -1.86. The number of carbonyl (C=O) groups is 1. The lowest BCUT2D eigenvalue weighted by Gasteiger charge is -2.06. The van der Waals surface area contributed by atoms with Crippen molar-refractivity contribution >= 4 is 39.3 Å². The summed E-state index contributed by atoms with van der Waals surface area (Å²) in [5.41, 5.74) is 0.507. The topological polar surface area (TPSA) is 69.4 Å². The summed E-state index contributed by atoms with van der Waals surface area (Å²) < 4.78 is 5.31. The molecule has 0 bridgehead atoms. The average Bonchev–Trinajstić information content (AvgIpc) is 2.47. The number of hydrogen-bond donors (Lipinski definition) is 0. The zero-order valence-corrected chi connectivity index (χ0v) is 13.3. The summed E-state index contributed by atoms with van der Waals surface area (Å²) in [6, 6.07) is 11.6. The van der Waals surface area contributed by atoms with E-state index >= 15 is 0 Å². The van der Waals surface area contributed by atoms with Crippen LogP contribution in [0, 0.1) is 10.1 Å². The van der Waals surface area contributed by atoms with Gasteiger partial charge in [-0.1, -0.05) is 11.8 Å². The minimum atomic E-state index is -0.434. The number of carbonyl (C=O) groups excluding carboxylic acids is 1. The van der Waals surface area contributed by atoms with Crippen LogP contribution in [-0.4, -0.2) is 18.0 Å². The number of nitro benzene ring substituents is 1. The minimum Gasteiger partial charge on any atom is -0.465 e. The van der Waals surface area contributed by atoms with Crippen molar-refractivity contribution in [1.29, 1.82) is 0 Å². The lowest BCUT2D eigenvalue weighted by molar-refractivity contribution is -0.384. The van der Waals surface area contributed by atoms with Gasteiger partial charge >= 0.3 is 5.97 Å². The molecule has 0 saturated heterocycles. The van der Waals surface area contributed by atoms with Crippen LogP contribution in [0.3, 0.4) is 0 Å². The summed E-state index contributed by atoms with van der Waals surface area (Å²) in [4.78, 5) is 23.4. The molecular formula is C14H10BrNO4S. The van der Waals surface area contributed by atoms with Crippen LogP contribution in [0.4, 0.5) is 5.69 Å². The van der Waals surface area contributed by atoms with Gasteiger partial charge in [0, 0.05) is 26.4 Å². The van der Waals surface area contributed by atoms with Crippen molar-refractivity contribution < 1.29 is 14.5 Å². The molecule has 0 aliphatic heterocycles. The van der Waals surface area contributed by atoms with E-state index in [9.17, 15) is 14.9 Å². The molecular weight excluding hydrogens is 358 g/mol. The van der Waals surface area contributed by atoms with Crippen molar-refractivity contribution in [2.75, 3.05) is 7.11 Å². The highest BCUT2D eigenvalue weighted by Crippen LogP contribution is 2.32. The lowest BCUT2D eigenvalue weighted by atomic mass is 10.2. The molecule has 0 N–H and O–H groups in total. The van der Waals surface area contributed by atoms with Gasteiger partial charge in [0.1, 0.15) is 0 Å². The molecule has 2 aromatic rings. The number of non-ortho nitro benzene ring substituents is 1. The van der Waals surface area contributed by atoms with E-state index < -0.39 is 10.9 Å². The van der Waals surface area contributed by atoms with Crippen LogP contribution >= 0.6 is 27.7 Å². The van der Waals surface area contributed by atoms with Crippen molar-refractivity contribution in [3.05, 3.63) is 62.6 Å². The van der Waals surface area contributed by atoms with Crippen LogP contribution in [0.2, 0.25) is 0 Å². The van der Waals surface area contributed by atoms with E-state index in [4.69, 9.17) is 0 Å². The molecule has 2 aromatic carbocycles. The fraction of sp³-hybridized carbons (Fsp3) is 0.0714. The zero-order chi connectivity index (χ0) is 15.4. The van der Waals surface area contributed by atoms with Gasteiger partial charge in [-0.2, -0.15) is 0 Å². The van der Waals surface area contributed by atoms with Gasteiger partial charge in [-0.15, -0.1) is 0 Å². The predicted octanol–water partition coefficient (Wildman–Crippen LogP) is 4.30. The van der Waals surface area contributed by atoms with Crippen molar-refractivity contribution in [3.8, 4) is 0 Å². The predicted molar refractivity (Wildman–Crippen MR) is 82.7 cm³/mol. The molecule has 5 nitrogen and oxygen atoms in total. The van der Waals surface area contributed by atoms with Crippen LogP contribution in [0.25, 0.3) is 0 Å². The Labute approximate surface area is 133 Å². The molecule has 108 valence electrons. The van der Waals surface area contributed by atoms with Gasteiger partial charge in [0.05, 0.1) is 17.6 Å². The highest BCUT2D eigenvalue weighted by Gasteiger charge is 2.11. The Morgan fingerprint density at radius 3 is 2.33 bits per heavy atom. The highest BCUT2D eigenvalue weighted by molar-refractivity contribution is 9.10. The maximum absolute atomic E-state index is 11.5. The van der Waals surface area contributed by atoms with E-state index in [2.05, 4.69) is 20.7 Å². The van der Waals surface area contributed by atoms with Crippen LogP contribution in [0.15, 0.2) is 56.7 Å². The molecule has 0 radical (unpaired) electrons. The van der Waals surface area contributed by atoms with Crippen LogP contribution < -0.4 is 0 Å². The lowest BCUT2D eigenvalue weighted by Crippen LogP contribution is -2.01. The first-order valence-electron chi connectivity index (χ1n) is 5.81. The van der Waals surface area contributed by atoms with E-state index in [0.29, 0.717) is 10.0 Å². The first-order chi connectivity index (χ1) is 10.0. The summed E-state index contributed by atoms with van der Waals surface area (Å²) in [6.45, 7) is 0. The molecule has 21 heavy (non-hydrogen) atoms. The monoisotopic (exact) mass is 367 g/mol. The molecule has 2 rings (SSSR count). The maximum atomic E-state index is 11.5. The number of ether oxygens (including phenoxy) is 1. The SMILES string of the molecule is COC(=O)c1ccc(Sc2ccc([N+](=O)[O-])cc2)cc1Br. The quantitative estimate of drug-likeness (QED) is 0.457. The molecule has 7 heteroatoms. The third-order valence-corrected chi connectivity index (χ3v) is 4.28. The molecule has 0 unspecified atom stereocenters. The van der Waals surface area contributed by atoms with Crippen molar-refractivity contribution in [3.63, 3.8) is 0 Å². The summed E-state index contributed by atoms with van der Waals surface area (Å²) in [5.74, 6) is -0.409. The molecule has 0 heterocycles.